The van der Waals surface area contributed by atoms with Crippen molar-refractivity contribution in [3.05, 3.63) is 69.8 Å². The van der Waals surface area contributed by atoms with Crippen molar-refractivity contribution in [3.63, 3.8) is 0 Å². The summed E-state index contributed by atoms with van der Waals surface area (Å²) in [4.78, 5) is 15.6. The molecule has 0 amide bonds. The number of aromatic nitrogens is 1. The molecule has 4 heteroatoms. The molecule has 102 valence electrons. The van der Waals surface area contributed by atoms with Crippen molar-refractivity contribution >= 4 is 32.6 Å². The van der Waals surface area contributed by atoms with Gasteiger partial charge in [-0.1, -0.05) is 34.1 Å². The summed E-state index contributed by atoms with van der Waals surface area (Å²) in [6.07, 6.45) is 2.01. The number of H-pyrrole nitrogens is 1. The molecule has 0 aliphatic carbocycles. The summed E-state index contributed by atoms with van der Waals surface area (Å²) in [5.41, 5.74) is 2.86. The van der Waals surface area contributed by atoms with Crippen molar-refractivity contribution in [1.29, 1.82) is 5.26 Å². The number of ketones is 1. The number of fused-ring (bicyclic) bond motifs is 1. The van der Waals surface area contributed by atoms with Crippen molar-refractivity contribution in [1.82, 2.24) is 4.98 Å². The van der Waals surface area contributed by atoms with Crippen LogP contribution in [-0.2, 0) is 6.42 Å². The number of carbonyl (C=O) groups excluding carboxylic acids is 1. The number of nitrogens with one attached hydrogen (secondary N) is 1. The van der Waals surface area contributed by atoms with Crippen LogP contribution in [0.3, 0.4) is 0 Å². The molecule has 0 aliphatic heterocycles. The van der Waals surface area contributed by atoms with Crippen molar-refractivity contribution < 1.29 is 4.79 Å². The molecule has 1 N–H and O–H groups in total. The van der Waals surface area contributed by atoms with Gasteiger partial charge >= 0.3 is 0 Å². The van der Waals surface area contributed by atoms with Gasteiger partial charge in [-0.2, -0.15) is 5.26 Å². The summed E-state index contributed by atoms with van der Waals surface area (Å²) in [5.74, 6) is 0.00581. The first kappa shape index (κ1) is 13.6. The highest BCUT2D eigenvalue weighted by atomic mass is 79.9. The minimum atomic E-state index is 0.00581. The Morgan fingerprint density at radius 1 is 1.19 bits per heavy atom. The maximum Gasteiger partial charge on any atom is 0.169 e. The average molecular weight is 339 g/mol. The van der Waals surface area contributed by atoms with Crippen LogP contribution in [0.25, 0.3) is 10.9 Å². The number of Topliss-reactive ketones (excluding diaryl/α,β-unsaturated/α-hetero) is 1. The molecule has 3 aromatic rings. The molecule has 0 spiro atoms. The molecule has 0 unspecified atom stereocenters. The summed E-state index contributed by atoms with van der Waals surface area (Å²) in [5, 5.41) is 9.91. The Kier molecular flexibility index (Phi) is 3.59. The van der Waals surface area contributed by atoms with Gasteiger partial charge in [-0.3, -0.25) is 4.79 Å². The second kappa shape index (κ2) is 5.55. The van der Waals surface area contributed by atoms with Crippen LogP contribution in [-0.4, -0.2) is 10.8 Å². The number of hydrogen-bond acceptors (Lipinski definition) is 2. The highest BCUT2D eigenvalue weighted by Crippen LogP contribution is 2.23. The van der Waals surface area contributed by atoms with Crippen molar-refractivity contribution in [3.8, 4) is 6.07 Å². The van der Waals surface area contributed by atoms with Crippen LogP contribution >= 0.6 is 15.9 Å². The third kappa shape index (κ3) is 2.61. The number of hydrogen-bond donors (Lipinski definition) is 1. The number of benzene rings is 2. The summed E-state index contributed by atoms with van der Waals surface area (Å²) in [7, 11) is 0. The lowest BCUT2D eigenvalue weighted by atomic mass is 10.00. The van der Waals surface area contributed by atoms with Gasteiger partial charge in [0.1, 0.15) is 0 Å². The molecule has 3 nitrogen and oxygen atoms in total. The van der Waals surface area contributed by atoms with Crippen LogP contribution in [0.2, 0.25) is 0 Å². The van der Waals surface area contributed by atoms with Crippen LogP contribution in [0.15, 0.2) is 53.1 Å². The van der Waals surface area contributed by atoms with Crippen LogP contribution in [0.4, 0.5) is 0 Å². The van der Waals surface area contributed by atoms with E-state index in [4.69, 9.17) is 0 Å². The van der Waals surface area contributed by atoms with Crippen molar-refractivity contribution in [2.24, 2.45) is 0 Å². The minimum absolute atomic E-state index is 0.00581. The van der Waals surface area contributed by atoms with E-state index >= 15 is 0 Å². The molecule has 0 saturated carbocycles. The number of carbonyl (C=O) groups is 1. The second-order valence-corrected chi connectivity index (χ2v) is 5.68. The quantitative estimate of drug-likeness (QED) is 0.726. The third-order valence-electron chi connectivity index (χ3n) is 3.40. The summed E-state index contributed by atoms with van der Waals surface area (Å²) < 4.78 is 0.984. The Bertz CT molecular complexity index is 857. The van der Waals surface area contributed by atoms with E-state index in [0.717, 1.165) is 15.6 Å². The first-order valence-corrected chi connectivity index (χ1v) is 7.26. The van der Waals surface area contributed by atoms with E-state index in [0.29, 0.717) is 22.9 Å². The largest absolute Gasteiger partial charge is 0.360 e. The van der Waals surface area contributed by atoms with Crippen molar-refractivity contribution in [2.45, 2.75) is 6.42 Å². The maximum absolute atomic E-state index is 12.5. The smallest absolute Gasteiger partial charge is 0.169 e. The molecule has 1 heterocycles. The van der Waals surface area contributed by atoms with E-state index in [1.165, 1.54) is 0 Å². The molecule has 3 rings (SSSR count). The van der Waals surface area contributed by atoms with Gasteiger partial charge in [-0.15, -0.1) is 0 Å². The number of rotatable bonds is 3. The Labute approximate surface area is 130 Å². The predicted octanol–water partition coefficient (Wildman–Crippen LogP) is 4.23. The van der Waals surface area contributed by atoms with Crippen molar-refractivity contribution in [2.75, 3.05) is 0 Å². The highest BCUT2D eigenvalue weighted by Gasteiger charge is 2.15. The van der Waals surface area contributed by atoms with Crippen LogP contribution in [0.1, 0.15) is 21.5 Å². The van der Waals surface area contributed by atoms with Gasteiger partial charge in [0.05, 0.1) is 11.6 Å². The van der Waals surface area contributed by atoms with E-state index in [2.05, 4.69) is 27.0 Å². The Hall–Kier alpha value is -2.38. The second-order valence-electron chi connectivity index (χ2n) is 4.77. The Morgan fingerprint density at radius 3 is 2.67 bits per heavy atom. The van der Waals surface area contributed by atoms with E-state index < -0.39 is 0 Å². The lowest BCUT2D eigenvalue weighted by molar-refractivity contribution is 0.0994. The SMILES string of the molecule is N#Cc1cccc2[nH]cc(C(=O)Cc3ccc(Br)cc3)c12. The lowest BCUT2D eigenvalue weighted by Gasteiger charge is -2.02. The van der Waals surface area contributed by atoms with Gasteiger partial charge in [0.25, 0.3) is 0 Å². The fourth-order valence-electron chi connectivity index (χ4n) is 2.38. The van der Waals surface area contributed by atoms with E-state index in [9.17, 15) is 10.1 Å². The maximum atomic E-state index is 12.5. The molecule has 0 fully saturated rings. The molecular weight excluding hydrogens is 328 g/mol. The molecular formula is C17H11BrN2O. The number of nitriles is 1. The zero-order valence-corrected chi connectivity index (χ0v) is 12.6. The molecule has 21 heavy (non-hydrogen) atoms. The fraction of sp³-hybridized carbons (Fsp3) is 0.0588. The molecule has 0 atom stereocenters. The molecule has 0 saturated heterocycles. The zero-order valence-electron chi connectivity index (χ0n) is 11.1. The molecule has 0 radical (unpaired) electrons. The summed E-state index contributed by atoms with van der Waals surface area (Å²) >= 11 is 3.38. The first-order chi connectivity index (χ1) is 10.2. The monoisotopic (exact) mass is 338 g/mol. The predicted molar refractivity (Wildman–Crippen MR) is 85.2 cm³/mol. The van der Waals surface area contributed by atoms with Crippen LogP contribution < -0.4 is 0 Å². The molecule has 0 bridgehead atoms. The van der Waals surface area contributed by atoms with Gasteiger partial charge in [0.15, 0.2) is 5.78 Å². The number of nitrogens with zero attached hydrogens (tertiary/aromatic N) is 1. The topological polar surface area (TPSA) is 56.6 Å². The Morgan fingerprint density at radius 2 is 1.95 bits per heavy atom. The fourth-order valence-corrected chi connectivity index (χ4v) is 2.65. The number of halogens is 1. The Balaban J connectivity index is 1.99. The van der Waals surface area contributed by atoms with E-state index in [-0.39, 0.29) is 5.78 Å². The highest BCUT2D eigenvalue weighted by molar-refractivity contribution is 9.10. The number of aromatic amines is 1. The van der Waals surface area contributed by atoms with Crippen LogP contribution in [0.5, 0.6) is 0 Å². The summed E-state index contributed by atoms with van der Waals surface area (Å²) in [6.45, 7) is 0. The van der Waals surface area contributed by atoms with Gasteiger partial charge in [-0.05, 0) is 29.8 Å². The molecule has 2 aromatic carbocycles. The van der Waals surface area contributed by atoms with Gasteiger partial charge in [0, 0.05) is 33.6 Å². The normalized spacial score (nSPS) is 10.5. The standard InChI is InChI=1S/C17H11BrN2O/c18-13-6-4-11(5-7-13)8-16(21)14-10-20-15-3-1-2-12(9-19)17(14)15/h1-7,10,20H,8H2. The molecule has 1 aromatic heterocycles. The first-order valence-electron chi connectivity index (χ1n) is 6.47. The van der Waals surface area contributed by atoms with E-state index in [1.807, 2.05) is 30.3 Å². The minimum Gasteiger partial charge on any atom is -0.360 e. The lowest BCUT2D eigenvalue weighted by Crippen LogP contribution is -2.03. The molecule has 0 aliphatic rings. The van der Waals surface area contributed by atoms with E-state index in [1.54, 1.807) is 18.3 Å². The van der Waals surface area contributed by atoms with Gasteiger partial charge in [0.2, 0.25) is 0 Å². The zero-order chi connectivity index (χ0) is 14.8. The van der Waals surface area contributed by atoms with Crippen LogP contribution in [0, 0.1) is 11.3 Å². The average Bonchev–Trinajstić information content (AvgIpc) is 2.93. The third-order valence-corrected chi connectivity index (χ3v) is 3.93. The van der Waals surface area contributed by atoms with Gasteiger partial charge in [-0.25, -0.2) is 0 Å². The summed E-state index contributed by atoms with van der Waals surface area (Å²) in [6, 6.07) is 15.2. The van der Waals surface area contributed by atoms with Gasteiger partial charge < -0.3 is 4.98 Å².